The van der Waals surface area contributed by atoms with Crippen molar-refractivity contribution in [2.45, 2.75) is 46.0 Å². The van der Waals surface area contributed by atoms with Gasteiger partial charge in [0, 0.05) is 0 Å². The molecular formula is C23H32F5IN2OS. The number of nitrogens with zero attached hydrogens (tertiary/aromatic N) is 1. The van der Waals surface area contributed by atoms with Gasteiger partial charge in [-0.25, -0.2) is 0 Å². The first kappa shape index (κ1) is 28.3. The molecule has 3 nitrogen and oxygen atoms in total. The van der Waals surface area contributed by atoms with Crippen LogP contribution in [0.3, 0.4) is 0 Å². The fourth-order valence-electron chi connectivity index (χ4n) is 3.51. The zero-order valence-corrected chi connectivity index (χ0v) is 22.3. The summed E-state index contributed by atoms with van der Waals surface area (Å²) in [5, 5.41) is 3.15. The molecule has 10 heteroatoms. The van der Waals surface area contributed by atoms with E-state index in [1.54, 1.807) is 0 Å². The molecule has 0 bridgehead atoms. The van der Waals surface area contributed by atoms with Crippen LogP contribution >= 0.6 is 25.9 Å². The van der Waals surface area contributed by atoms with E-state index >= 15 is 0 Å². The molecule has 1 N–H and O–H groups in total. The quantitative estimate of drug-likeness (QED) is 0.166. The summed E-state index contributed by atoms with van der Waals surface area (Å²) in [5.74, 6) is 0.401. The first-order chi connectivity index (χ1) is 15.5. The Hall–Kier alpha value is -0.980. The number of benzene rings is 1. The average Bonchev–Trinajstić information content (AvgIpc) is 2.74. The third kappa shape index (κ3) is 7.50. The van der Waals surface area contributed by atoms with Gasteiger partial charge in [0.1, 0.15) is 0 Å². The number of aliphatic imine (C=N–C) groups is 1. The minimum absolute atomic E-state index is 0.181. The molecule has 0 fully saturated rings. The standard InChI is InChI=1S/C23H32F5IN2OS/c1-6-29(5)33(7-2,8-3)32-21(15-30-13-17-10-19(24)12-20(25)11-17)22-16(4)9-18(14-31-22)23(26,27)28/h10-12,14,21,30H,4,6-9,13,15H2,1-3,5H3. The molecule has 1 unspecified atom stereocenters. The van der Waals surface area contributed by atoms with Gasteiger partial charge in [-0.1, -0.05) is 0 Å². The van der Waals surface area contributed by atoms with Crippen LogP contribution in [-0.2, 0) is 10.7 Å². The van der Waals surface area contributed by atoms with Gasteiger partial charge in [-0.05, 0) is 0 Å². The van der Waals surface area contributed by atoms with Gasteiger partial charge in [0.15, 0.2) is 0 Å². The molecule has 1 heterocycles. The monoisotopic (exact) mass is 606 g/mol. The van der Waals surface area contributed by atoms with Crippen LogP contribution < -0.4 is 5.32 Å². The summed E-state index contributed by atoms with van der Waals surface area (Å²) in [5.41, 5.74) is 0.374. The number of allylic oxidation sites excluding steroid dienone is 1. The molecule has 188 valence electrons. The molecule has 0 saturated heterocycles. The molecule has 1 atom stereocenters. The van der Waals surface area contributed by atoms with E-state index < -0.39 is 55.4 Å². The fourth-order valence-corrected chi connectivity index (χ4v) is 17.6. The molecule has 1 aliphatic heterocycles. The third-order valence-electron chi connectivity index (χ3n) is 5.38. The second-order valence-electron chi connectivity index (χ2n) is 7.54. The Bertz CT molecular complexity index is 879. The molecule has 2 rings (SSSR count). The average molecular weight is 606 g/mol. The zero-order valence-electron chi connectivity index (χ0n) is 19.4. The Balaban J connectivity index is 2.32. The van der Waals surface area contributed by atoms with E-state index in [0.717, 1.165) is 28.2 Å². The van der Waals surface area contributed by atoms with Crippen LogP contribution in [0.2, 0.25) is 0 Å². The number of alkyl halides is 5. The van der Waals surface area contributed by atoms with Crippen molar-refractivity contribution >= 4 is 31.6 Å². The van der Waals surface area contributed by atoms with Crippen molar-refractivity contribution in [1.82, 2.24) is 5.32 Å². The maximum absolute atomic E-state index is 13.5. The predicted octanol–water partition coefficient (Wildman–Crippen LogP) is 7.12. The predicted molar refractivity (Wildman–Crippen MR) is 137 cm³/mol. The van der Waals surface area contributed by atoms with E-state index in [4.69, 9.17) is 4.18 Å². The van der Waals surface area contributed by atoms with Gasteiger partial charge in [-0.2, -0.15) is 0 Å². The van der Waals surface area contributed by atoms with Crippen molar-refractivity contribution in [2.75, 3.05) is 27.4 Å². The second-order valence-corrected chi connectivity index (χ2v) is 23.2. The van der Waals surface area contributed by atoms with E-state index in [-0.39, 0.29) is 25.1 Å². The summed E-state index contributed by atoms with van der Waals surface area (Å²) in [7, 11) is -1.39. The van der Waals surface area contributed by atoms with E-state index in [2.05, 4.69) is 42.6 Å². The van der Waals surface area contributed by atoms with Crippen LogP contribution in [0.25, 0.3) is 0 Å². The third-order valence-corrected chi connectivity index (χ3v) is 24.8. The summed E-state index contributed by atoms with van der Waals surface area (Å²) >= 11 is -1.45. The van der Waals surface area contributed by atoms with Crippen molar-refractivity contribution in [2.24, 2.45) is 4.99 Å². The molecule has 0 aliphatic carbocycles. The van der Waals surface area contributed by atoms with Gasteiger partial charge in [-0.3, -0.25) is 0 Å². The number of halogens is 6. The van der Waals surface area contributed by atoms with Crippen molar-refractivity contribution in [1.29, 1.82) is 0 Å². The van der Waals surface area contributed by atoms with Crippen LogP contribution in [-0.4, -0.2) is 45.4 Å². The van der Waals surface area contributed by atoms with Crippen LogP contribution in [0.4, 0.5) is 22.0 Å². The second kappa shape index (κ2) is 12.1. The number of hydrogen-bond donors (Lipinski definition) is 1. The van der Waals surface area contributed by atoms with Gasteiger partial charge in [0.05, 0.1) is 0 Å². The summed E-state index contributed by atoms with van der Waals surface area (Å²) in [6, 6.07) is 3.28. The normalized spacial score (nSPS) is 16.9. The molecule has 0 saturated carbocycles. The first-order valence-electron chi connectivity index (χ1n) is 10.7. The first-order valence-corrected chi connectivity index (χ1v) is 18.8. The zero-order chi connectivity index (χ0) is 24.8. The van der Waals surface area contributed by atoms with E-state index in [1.165, 1.54) is 12.1 Å². The van der Waals surface area contributed by atoms with Crippen LogP contribution in [0.1, 0.15) is 32.8 Å². The summed E-state index contributed by atoms with van der Waals surface area (Å²) in [6.45, 7) is 10.6. The van der Waals surface area contributed by atoms with E-state index in [0.29, 0.717) is 11.3 Å². The van der Waals surface area contributed by atoms with Gasteiger partial charge in [-0.15, -0.1) is 0 Å². The number of rotatable bonds is 11. The van der Waals surface area contributed by atoms with Crippen molar-refractivity contribution in [3.8, 4) is 0 Å². The van der Waals surface area contributed by atoms with Gasteiger partial charge >= 0.3 is 201 Å². The molecular weight excluding hydrogens is 574 g/mol. The van der Waals surface area contributed by atoms with Crippen molar-refractivity contribution < 1.29 is 26.1 Å². The SMILES string of the molecule is C=C1CC(C(F)(F)F)=CN=C1C(CNCc1cc(F)cc(F)c1)OS(CC)(CC)I(C)CC. The van der Waals surface area contributed by atoms with Gasteiger partial charge in [0.25, 0.3) is 0 Å². The van der Waals surface area contributed by atoms with E-state index in [1.807, 2.05) is 0 Å². The minimum atomic E-state index is -4.46. The Morgan fingerprint density at radius 3 is 2.24 bits per heavy atom. The summed E-state index contributed by atoms with van der Waals surface area (Å²) < 4.78 is 74.3. The fraction of sp³-hybridized carbons (Fsp3) is 0.522. The van der Waals surface area contributed by atoms with Gasteiger partial charge < -0.3 is 0 Å². The maximum atomic E-state index is 13.5. The molecule has 0 radical (unpaired) electrons. The van der Waals surface area contributed by atoms with Crippen LogP contribution in [0.5, 0.6) is 0 Å². The van der Waals surface area contributed by atoms with Crippen molar-refractivity contribution in [3.05, 3.63) is 59.3 Å². The summed E-state index contributed by atoms with van der Waals surface area (Å²) in [4.78, 5) is 6.41. The molecule has 1 aromatic carbocycles. The molecule has 0 amide bonds. The molecule has 0 spiro atoms. The Kier molecular flexibility index (Phi) is 10.4. The Morgan fingerprint density at radius 1 is 1.15 bits per heavy atom. The van der Waals surface area contributed by atoms with Crippen LogP contribution in [0.15, 0.2) is 47.1 Å². The Labute approximate surface area is 200 Å². The van der Waals surface area contributed by atoms with Crippen LogP contribution in [0, 0.1) is 11.6 Å². The number of nitrogens with one attached hydrogen (secondary N) is 1. The molecule has 33 heavy (non-hydrogen) atoms. The number of hydrogen-bond acceptors (Lipinski definition) is 3. The molecule has 0 aromatic heterocycles. The van der Waals surface area contributed by atoms with Gasteiger partial charge in [0.2, 0.25) is 0 Å². The Morgan fingerprint density at radius 2 is 1.76 bits per heavy atom. The van der Waals surface area contributed by atoms with Crippen molar-refractivity contribution in [3.63, 3.8) is 0 Å². The topological polar surface area (TPSA) is 33.6 Å². The summed E-state index contributed by atoms with van der Waals surface area (Å²) in [6.07, 6.45) is -4.52. The molecule has 1 aliphatic rings. The molecule has 1 aromatic rings. The van der Waals surface area contributed by atoms with E-state index in [9.17, 15) is 22.0 Å².